The molecule has 1 saturated heterocycles. The lowest BCUT2D eigenvalue weighted by Gasteiger charge is -2.28. The molecule has 0 radical (unpaired) electrons. The van der Waals surface area contributed by atoms with Gasteiger partial charge in [-0.05, 0) is 76.5 Å². The molecule has 1 aliphatic heterocycles. The largest absolute Gasteiger partial charge is 0.506 e. The Morgan fingerprint density at radius 2 is 1.89 bits per heavy atom. The molecule has 0 aliphatic carbocycles. The van der Waals surface area contributed by atoms with E-state index in [2.05, 4.69) is 55.6 Å². The third kappa shape index (κ3) is 3.94. The van der Waals surface area contributed by atoms with Crippen molar-refractivity contribution in [2.75, 3.05) is 26.7 Å². The standard InChI is InChI=1S/C14H20Br2N2O/c1-10-8-17(2)4-3-5-18(10)9-11-6-12(15)14(19)13(16)7-11/h6-7,10,19H,3-5,8-9H2,1-2H3. The van der Waals surface area contributed by atoms with Crippen molar-refractivity contribution >= 4 is 31.9 Å². The molecule has 1 fully saturated rings. The van der Waals surface area contributed by atoms with Crippen LogP contribution in [0.15, 0.2) is 21.1 Å². The van der Waals surface area contributed by atoms with Gasteiger partial charge in [-0.15, -0.1) is 0 Å². The summed E-state index contributed by atoms with van der Waals surface area (Å²) in [6.45, 7) is 6.62. The Kier molecular flexibility index (Phi) is 5.29. The fourth-order valence-electron chi connectivity index (χ4n) is 2.60. The molecule has 2 rings (SSSR count). The Morgan fingerprint density at radius 3 is 2.53 bits per heavy atom. The molecule has 19 heavy (non-hydrogen) atoms. The molecule has 1 heterocycles. The van der Waals surface area contributed by atoms with Gasteiger partial charge in [0.05, 0.1) is 8.95 Å². The van der Waals surface area contributed by atoms with Crippen LogP contribution in [-0.4, -0.2) is 47.6 Å². The predicted molar refractivity (Wildman–Crippen MR) is 85.5 cm³/mol. The summed E-state index contributed by atoms with van der Waals surface area (Å²) in [6, 6.07) is 4.56. The molecule has 3 nitrogen and oxygen atoms in total. The Balaban J connectivity index is 2.11. The van der Waals surface area contributed by atoms with Gasteiger partial charge in [-0.1, -0.05) is 0 Å². The summed E-state index contributed by atoms with van der Waals surface area (Å²) in [7, 11) is 2.19. The van der Waals surface area contributed by atoms with Crippen LogP contribution in [0.4, 0.5) is 0 Å². The molecule has 1 aromatic rings. The predicted octanol–water partition coefficient (Wildman–Crippen LogP) is 3.44. The Labute approximate surface area is 131 Å². The monoisotopic (exact) mass is 390 g/mol. The van der Waals surface area contributed by atoms with E-state index in [1.54, 1.807) is 0 Å². The minimum atomic E-state index is 0.271. The summed E-state index contributed by atoms with van der Waals surface area (Å²) in [5, 5.41) is 9.75. The molecule has 106 valence electrons. The van der Waals surface area contributed by atoms with Gasteiger partial charge >= 0.3 is 0 Å². The molecule has 1 unspecified atom stereocenters. The van der Waals surface area contributed by atoms with Crippen LogP contribution in [0.25, 0.3) is 0 Å². The van der Waals surface area contributed by atoms with E-state index in [1.807, 2.05) is 12.1 Å². The molecule has 1 atom stereocenters. The molecule has 1 N–H and O–H groups in total. The van der Waals surface area contributed by atoms with Gasteiger partial charge in [-0.3, -0.25) is 4.90 Å². The first kappa shape index (κ1) is 15.3. The molecule has 0 aromatic heterocycles. The van der Waals surface area contributed by atoms with E-state index in [4.69, 9.17) is 0 Å². The second-order valence-electron chi connectivity index (χ2n) is 5.34. The number of rotatable bonds is 2. The first-order valence-corrected chi connectivity index (χ1v) is 8.15. The fraction of sp³-hybridized carbons (Fsp3) is 0.571. The van der Waals surface area contributed by atoms with Crippen molar-refractivity contribution in [1.82, 2.24) is 9.80 Å². The Bertz CT molecular complexity index is 430. The summed E-state index contributed by atoms with van der Waals surface area (Å²) in [5.41, 5.74) is 1.22. The molecular weight excluding hydrogens is 372 g/mol. The maximum absolute atomic E-state index is 9.75. The zero-order chi connectivity index (χ0) is 14.0. The summed E-state index contributed by atoms with van der Waals surface area (Å²) in [4.78, 5) is 4.90. The second-order valence-corrected chi connectivity index (χ2v) is 7.05. The van der Waals surface area contributed by atoms with E-state index in [0.717, 1.165) is 28.6 Å². The van der Waals surface area contributed by atoms with Crippen molar-refractivity contribution in [2.45, 2.75) is 25.9 Å². The zero-order valence-electron chi connectivity index (χ0n) is 11.4. The van der Waals surface area contributed by atoms with Gasteiger partial charge in [0.25, 0.3) is 0 Å². The molecule has 0 saturated carbocycles. The highest BCUT2D eigenvalue weighted by Crippen LogP contribution is 2.33. The number of nitrogens with zero attached hydrogens (tertiary/aromatic N) is 2. The molecular formula is C14H20Br2N2O. The van der Waals surface area contributed by atoms with Gasteiger partial charge in [0.2, 0.25) is 0 Å². The van der Waals surface area contributed by atoms with Crippen molar-refractivity contribution in [2.24, 2.45) is 0 Å². The maximum Gasteiger partial charge on any atom is 0.143 e. The number of phenolic OH excluding ortho intramolecular Hbond substituents is 1. The van der Waals surface area contributed by atoms with Gasteiger partial charge in [-0.2, -0.15) is 0 Å². The topological polar surface area (TPSA) is 26.7 Å². The fourth-order valence-corrected chi connectivity index (χ4v) is 3.88. The highest BCUT2D eigenvalue weighted by Gasteiger charge is 2.20. The third-order valence-electron chi connectivity index (χ3n) is 3.65. The molecule has 1 aromatic carbocycles. The van der Waals surface area contributed by atoms with Crippen LogP contribution in [0.3, 0.4) is 0 Å². The van der Waals surface area contributed by atoms with E-state index in [9.17, 15) is 5.11 Å². The van der Waals surface area contributed by atoms with Gasteiger partial charge < -0.3 is 10.0 Å². The van der Waals surface area contributed by atoms with Crippen LogP contribution in [0.1, 0.15) is 18.9 Å². The van der Waals surface area contributed by atoms with Crippen LogP contribution in [0.5, 0.6) is 5.75 Å². The van der Waals surface area contributed by atoms with Crippen molar-refractivity contribution in [3.8, 4) is 5.75 Å². The second kappa shape index (κ2) is 6.57. The SMILES string of the molecule is CC1CN(C)CCCN1Cc1cc(Br)c(O)c(Br)c1. The Hall–Kier alpha value is -0.100. The lowest BCUT2D eigenvalue weighted by molar-refractivity contribution is 0.194. The van der Waals surface area contributed by atoms with Crippen LogP contribution in [0.2, 0.25) is 0 Å². The van der Waals surface area contributed by atoms with Crippen molar-refractivity contribution in [1.29, 1.82) is 0 Å². The van der Waals surface area contributed by atoms with Crippen LogP contribution >= 0.6 is 31.9 Å². The van der Waals surface area contributed by atoms with Gasteiger partial charge in [0.15, 0.2) is 0 Å². The number of hydrogen-bond acceptors (Lipinski definition) is 3. The van der Waals surface area contributed by atoms with Crippen molar-refractivity contribution < 1.29 is 5.11 Å². The lowest BCUT2D eigenvalue weighted by Crippen LogP contribution is -2.37. The molecule has 0 amide bonds. The number of phenols is 1. The number of benzene rings is 1. The molecule has 1 aliphatic rings. The smallest absolute Gasteiger partial charge is 0.143 e. The van der Waals surface area contributed by atoms with Crippen LogP contribution in [0, 0.1) is 0 Å². The number of hydrogen-bond donors (Lipinski definition) is 1. The van der Waals surface area contributed by atoms with Crippen LogP contribution in [-0.2, 0) is 6.54 Å². The van der Waals surface area contributed by atoms with Gasteiger partial charge in [-0.25, -0.2) is 0 Å². The van der Waals surface area contributed by atoms with Crippen molar-refractivity contribution in [3.05, 3.63) is 26.6 Å². The zero-order valence-corrected chi connectivity index (χ0v) is 14.5. The molecule has 0 spiro atoms. The summed E-state index contributed by atoms with van der Waals surface area (Å²) in [5.74, 6) is 0.271. The number of likely N-dealkylation sites (N-methyl/N-ethyl adjacent to an activating group) is 1. The normalized spacial score (nSPS) is 22.4. The van der Waals surface area contributed by atoms with E-state index in [1.165, 1.54) is 18.5 Å². The summed E-state index contributed by atoms with van der Waals surface area (Å²) in [6.07, 6.45) is 1.21. The first-order valence-electron chi connectivity index (χ1n) is 6.57. The summed E-state index contributed by atoms with van der Waals surface area (Å²) < 4.78 is 1.49. The van der Waals surface area contributed by atoms with E-state index >= 15 is 0 Å². The molecule has 5 heteroatoms. The number of aromatic hydroxyl groups is 1. The highest BCUT2D eigenvalue weighted by atomic mass is 79.9. The maximum atomic E-state index is 9.75. The minimum Gasteiger partial charge on any atom is -0.506 e. The quantitative estimate of drug-likeness (QED) is 0.836. The van der Waals surface area contributed by atoms with Crippen LogP contribution < -0.4 is 0 Å². The first-order chi connectivity index (χ1) is 8.97. The Morgan fingerprint density at radius 1 is 1.26 bits per heavy atom. The average molecular weight is 392 g/mol. The minimum absolute atomic E-state index is 0.271. The van der Waals surface area contributed by atoms with E-state index < -0.39 is 0 Å². The van der Waals surface area contributed by atoms with E-state index in [-0.39, 0.29) is 5.75 Å². The average Bonchev–Trinajstić information content (AvgIpc) is 2.48. The highest BCUT2D eigenvalue weighted by molar-refractivity contribution is 9.11. The third-order valence-corrected chi connectivity index (χ3v) is 4.86. The van der Waals surface area contributed by atoms with Crippen molar-refractivity contribution in [3.63, 3.8) is 0 Å². The van der Waals surface area contributed by atoms with Gasteiger partial charge in [0.1, 0.15) is 5.75 Å². The van der Waals surface area contributed by atoms with Gasteiger partial charge in [0, 0.05) is 25.7 Å². The molecule has 0 bridgehead atoms. The van der Waals surface area contributed by atoms with E-state index in [0.29, 0.717) is 6.04 Å². The summed E-state index contributed by atoms with van der Waals surface area (Å²) >= 11 is 6.79. The lowest BCUT2D eigenvalue weighted by atomic mass is 10.1. The number of halogens is 2.